The predicted octanol–water partition coefficient (Wildman–Crippen LogP) is 3.14. The molecule has 0 spiro atoms. The van der Waals surface area contributed by atoms with Crippen molar-refractivity contribution in [2.75, 3.05) is 26.7 Å². The van der Waals surface area contributed by atoms with Crippen LogP contribution in [-0.4, -0.2) is 41.2 Å². The SMILES string of the molecule is CCN1CCCC(c2nccn2Cc2ccc(OC)cc2)C1. The lowest BCUT2D eigenvalue weighted by Crippen LogP contribution is -2.35. The smallest absolute Gasteiger partial charge is 0.118 e. The maximum Gasteiger partial charge on any atom is 0.118 e. The molecule has 2 heterocycles. The van der Waals surface area contributed by atoms with Gasteiger partial charge in [-0.1, -0.05) is 19.1 Å². The molecule has 1 fully saturated rings. The Labute approximate surface area is 132 Å². The topological polar surface area (TPSA) is 30.3 Å². The molecule has 4 heteroatoms. The number of methoxy groups -OCH3 is 1. The van der Waals surface area contributed by atoms with E-state index in [0.29, 0.717) is 5.92 Å². The van der Waals surface area contributed by atoms with Crippen molar-refractivity contribution in [2.45, 2.75) is 32.2 Å². The van der Waals surface area contributed by atoms with Crippen LogP contribution in [0.3, 0.4) is 0 Å². The lowest BCUT2D eigenvalue weighted by molar-refractivity contribution is 0.212. The van der Waals surface area contributed by atoms with Crippen LogP contribution in [0.2, 0.25) is 0 Å². The van der Waals surface area contributed by atoms with Crippen LogP contribution in [0.4, 0.5) is 0 Å². The molecule has 1 unspecified atom stereocenters. The van der Waals surface area contributed by atoms with E-state index in [4.69, 9.17) is 4.74 Å². The first kappa shape index (κ1) is 15.1. The van der Waals surface area contributed by atoms with Crippen LogP contribution in [-0.2, 0) is 6.54 Å². The van der Waals surface area contributed by atoms with E-state index in [-0.39, 0.29) is 0 Å². The van der Waals surface area contributed by atoms with Gasteiger partial charge in [-0.05, 0) is 43.6 Å². The molecule has 118 valence electrons. The minimum absolute atomic E-state index is 0.557. The molecule has 1 aromatic carbocycles. The van der Waals surface area contributed by atoms with Crippen molar-refractivity contribution in [3.05, 3.63) is 48.0 Å². The van der Waals surface area contributed by atoms with E-state index >= 15 is 0 Å². The largest absolute Gasteiger partial charge is 0.497 e. The van der Waals surface area contributed by atoms with Crippen LogP contribution < -0.4 is 4.74 Å². The van der Waals surface area contributed by atoms with Crippen molar-refractivity contribution >= 4 is 0 Å². The van der Waals surface area contributed by atoms with Crippen molar-refractivity contribution in [3.8, 4) is 5.75 Å². The summed E-state index contributed by atoms with van der Waals surface area (Å²) in [5.41, 5.74) is 1.28. The summed E-state index contributed by atoms with van der Waals surface area (Å²) in [6.45, 7) is 6.62. The lowest BCUT2D eigenvalue weighted by atomic mass is 9.97. The molecule has 4 nitrogen and oxygen atoms in total. The second-order valence-electron chi connectivity index (χ2n) is 5.99. The lowest BCUT2D eigenvalue weighted by Gasteiger charge is -2.31. The average molecular weight is 299 g/mol. The fraction of sp³-hybridized carbons (Fsp3) is 0.500. The van der Waals surface area contributed by atoms with Gasteiger partial charge < -0.3 is 14.2 Å². The van der Waals surface area contributed by atoms with Gasteiger partial charge in [-0.2, -0.15) is 0 Å². The number of likely N-dealkylation sites (tertiary alicyclic amines) is 1. The molecule has 22 heavy (non-hydrogen) atoms. The van der Waals surface area contributed by atoms with Crippen LogP contribution in [0.15, 0.2) is 36.7 Å². The van der Waals surface area contributed by atoms with Gasteiger partial charge in [0.15, 0.2) is 0 Å². The Balaban J connectivity index is 1.73. The Hall–Kier alpha value is -1.81. The zero-order valence-electron chi connectivity index (χ0n) is 13.5. The summed E-state index contributed by atoms with van der Waals surface area (Å²) < 4.78 is 7.52. The number of hydrogen-bond donors (Lipinski definition) is 0. The van der Waals surface area contributed by atoms with Crippen LogP contribution in [0.1, 0.15) is 37.1 Å². The van der Waals surface area contributed by atoms with E-state index in [1.165, 1.54) is 30.8 Å². The minimum Gasteiger partial charge on any atom is -0.497 e. The van der Waals surface area contributed by atoms with Crippen molar-refractivity contribution in [1.29, 1.82) is 0 Å². The zero-order chi connectivity index (χ0) is 15.4. The number of likely N-dealkylation sites (N-methyl/N-ethyl adjacent to an activating group) is 1. The summed E-state index contributed by atoms with van der Waals surface area (Å²) in [5, 5.41) is 0. The van der Waals surface area contributed by atoms with Gasteiger partial charge in [0, 0.05) is 31.4 Å². The molecule has 2 aromatic rings. The van der Waals surface area contributed by atoms with E-state index in [0.717, 1.165) is 25.4 Å². The molecule has 0 aliphatic carbocycles. The molecular formula is C18H25N3O. The zero-order valence-corrected chi connectivity index (χ0v) is 13.5. The first-order chi connectivity index (χ1) is 10.8. The number of rotatable bonds is 5. The number of hydrogen-bond acceptors (Lipinski definition) is 3. The molecule has 0 saturated carbocycles. The number of nitrogens with zero attached hydrogens (tertiary/aromatic N) is 3. The second kappa shape index (κ2) is 6.97. The van der Waals surface area contributed by atoms with Gasteiger partial charge >= 0.3 is 0 Å². The first-order valence-corrected chi connectivity index (χ1v) is 8.16. The standard InChI is InChI=1S/C18H25N3O/c1-3-20-11-4-5-16(14-20)18-19-10-12-21(18)13-15-6-8-17(22-2)9-7-15/h6-10,12,16H,3-5,11,13-14H2,1-2H3. The van der Waals surface area contributed by atoms with Gasteiger partial charge in [0.25, 0.3) is 0 Å². The summed E-state index contributed by atoms with van der Waals surface area (Å²) in [7, 11) is 1.70. The van der Waals surface area contributed by atoms with E-state index in [1.807, 2.05) is 18.3 Å². The Bertz CT molecular complexity index is 591. The quantitative estimate of drug-likeness (QED) is 0.849. The highest BCUT2D eigenvalue weighted by atomic mass is 16.5. The average Bonchev–Trinajstić information content (AvgIpc) is 3.04. The van der Waals surface area contributed by atoms with Crippen LogP contribution >= 0.6 is 0 Å². The Morgan fingerprint density at radius 3 is 2.82 bits per heavy atom. The number of benzene rings is 1. The highest BCUT2D eigenvalue weighted by Gasteiger charge is 2.23. The van der Waals surface area contributed by atoms with Gasteiger partial charge in [-0.3, -0.25) is 0 Å². The molecule has 0 bridgehead atoms. The molecule has 0 radical (unpaired) electrons. The summed E-state index contributed by atoms with van der Waals surface area (Å²) in [6.07, 6.45) is 6.55. The molecule has 1 aromatic heterocycles. The summed E-state index contributed by atoms with van der Waals surface area (Å²) in [5.74, 6) is 2.69. The van der Waals surface area contributed by atoms with Crippen molar-refractivity contribution in [3.63, 3.8) is 0 Å². The molecule has 1 aliphatic rings. The minimum atomic E-state index is 0.557. The molecular weight excluding hydrogens is 274 g/mol. The van der Waals surface area contributed by atoms with E-state index in [9.17, 15) is 0 Å². The first-order valence-electron chi connectivity index (χ1n) is 8.16. The fourth-order valence-corrected chi connectivity index (χ4v) is 3.30. The molecule has 1 saturated heterocycles. The number of imidazole rings is 1. The molecule has 1 aliphatic heterocycles. The van der Waals surface area contributed by atoms with Gasteiger partial charge in [-0.15, -0.1) is 0 Å². The highest BCUT2D eigenvalue weighted by molar-refractivity contribution is 5.27. The summed E-state index contributed by atoms with van der Waals surface area (Å²) in [6, 6.07) is 8.29. The van der Waals surface area contributed by atoms with Gasteiger partial charge in [0.05, 0.1) is 7.11 Å². The number of aromatic nitrogens is 2. The van der Waals surface area contributed by atoms with E-state index in [1.54, 1.807) is 7.11 Å². The van der Waals surface area contributed by atoms with Crippen LogP contribution in [0.25, 0.3) is 0 Å². The van der Waals surface area contributed by atoms with Crippen LogP contribution in [0.5, 0.6) is 5.75 Å². The number of piperidine rings is 1. The van der Waals surface area contributed by atoms with Gasteiger partial charge in [0.2, 0.25) is 0 Å². The van der Waals surface area contributed by atoms with E-state index in [2.05, 4.69) is 39.7 Å². The molecule has 0 N–H and O–H groups in total. The second-order valence-corrected chi connectivity index (χ2v) is 5.99. The highest BCUT2D eigenvalue weighted by Crippen LogP contribution is 2.26. The Morgan fingerprint density at radius 2 is 2.09 bits per heavy atom. The molecule has 1 atom stereocenters. The Kier molecular flexibility index (Phi) is 4.78. The normalized spacial score (nSPS) is 19.3. The Morgan fingerprint density at radius 1 is 1.27 bits per heavy atom. The third-order valence-electron chi connectivity index (χ3n) is 4.58. The third-order valence-corrected chi connectivity index (χ3v) is 4.58. The van der Waals surface area contributed by atoms with E-state index < -0.39 is 0 Å². The number of ether oxygens (including phenoxy) is 1. The van der Waals surface area contributed by atoms with Crippen LogP contribution in [0, 0.1) is 0 Å². The molecule has 0 amide bonds. The van der Waals surface area contributed by atoms with Crippen molar-refractivity contribution < 1.29 is 4.74 Å². The fourth-order valence-electron chi connectivity index (χ4n) is 3.30. The molecule has 3 rings (SSSR count). The maximum atomic E-state index is 5.22. The third kappa shape index (κ3) is 3.33. The summed E-state index contributed by atoms with van der Waals surface area (Å²) >= 11 is 0. The summed E-state index contributed by atoms with van der Waals surface area (Å²) in [4.78, 5) is 7.18. The van der Waals surface area contributed by atoms with Crippen molar-refractivity contribution in [1.82, 2.24) is 14.5 Å². The van der Waals surface area contributed by atoms with Crippen molar-refractivity contribution in [2.24, 2.45) is 0 Å². The predicted molar refractivity (Wildman–Crippen MR) is 88.4 cm³/mol. The van der Waals surface area contributed by atoms with Gasteiger partial charge in [0.1, 0.15) is 11.6 Å². The van der Waals surface area contributed by atoms with Gasteiger partial charge in [-0.25, -0.2) is 4.98 Å². The maximum absolute atomic E-state index is 5.22. The monoisotopic (exact) mass is 299 g/mol.